The third-order valence-corrected chi connectivity index (χ3v) is 5.88. The molecule has 3 aromatic rings. The number of fused-ring (bicyclic) bond motifs is 2. The smallest absolute Gasteiger partial charge is 0.176 e. The van der Waals surface area contributed by atoms with Crippen LogP contribution >= 0.6 is 23.1 Å². The maximum Gasteiger partial charge on any atom is 0.176 e. The second-order valence-electron chi connectivity index (χ2n) is 5.14. The van der Waals surface area contributed by atoms with Crippen molar-refractivity contribution in [1.82, 2.24) is 15.0 Å². The third-order valence-electron chi connectivity index (χ3n) is 3.84. The van der Waals surface area contributed by atoms with Crippen molar-refractivity contribution < 1.29 is 4.39 Å². The number of aromatic nitrogens is 3. The van der Waals surface area contributed by atoms with Crippen molar-refractivity contribution in [2.24, 2.45) is 0 Å². The average molecular weight is 332 g/mol. The van der Waals surface area contributed by atoms with Crippen LogP contribution in [-0.4, -0.2) is 21.2 Å². The number of aryl methyl sites for hydroxylation is 1. The summed E-state index contributed by atoms with van der Waals surface area (Å²) in [7, 11) is 0. The molecule has 4 rings (SSSR count). The predicted molar refractivity (Wildman–Crippen MR) is 88.1 cm³/mol. The molecule has 0 saturated heterocycles. The van der Waals surface area contributed by atoms with E-state index in [2.05, 4.69) is 20.3 Å². The van der Waals surface area contributed by atoms with Gasteiger partial charge in [0.25, 0.3) is 0 Å². The van der Waals surface area contributed by atoms with Crippen molar-refractivity contribution >= 4 is 39.3 Å². The molecule has 7 heteroatoms. The van der Waals surface area contributed by atoms with E-state index in [1.54, 1.807) is 29.2 Å². The van der Waals surface area contributed by atoms with Gasteiger partial charge in [-0.05, 0) is 42.4 Å². The highest BCUT2D eigenvalue weighted by Crippen LogP contribution is 2.37. The van der Waals surface area contributed by atoms with E-state index in [-0.39, 0.29) is 11.9 Å². The number of hydrogen-bond acceptors (Lipinski definition) is 6. The zero-order chi connectivity index (χ0) is 15.1. The Morgan fingerprint density at radius 3 is 3.14 bits per heavy atom. The lowest BCUT2D eigenvalue weighted by atomic mass is 10.1. The largest absolute Gasteiger partial charge is 0.362 e. The van der Waals surface area contributed by atoms with Gasteiger partial charge in [-0.15, -0.1) is 11.3 Å². The molecule has 1 N–H and O–H groups in total. The van der Waals surface area contributed by atoms with Crippen LogP contribution in [-0.2, 0) is 6.42 Å². The van der Waals surface area contributed by atoms with Gasteiger partial charge in [-0.1, -0.05) is 17.8 Å². The summed E-state index contributed by atoms with van der Waals surface area (Å²) in [5.74, 6) is 0.590. The van der Waals surface area contributed by atoms with Gasteiger partial charge in [-0.2, -0.15) is 0 Å². The Morgan fingerprint density at radius 1 is 1.36 bits per heavy atom. The molecule has 0 amide bonds. The molecule has 1 aliphatic rings. The van der Waals surface area contributed by atoms with Crippen LogP contribution < -0.4 is 5.32 Å². The van der Waals surface area contributed by atoms with Crippen molar-refractivity contribution in [1.29, 1.82) is 0 Å². The summed E-state index contributed by atoms with van der Waals surface area (Å²) in [5, 5.41) is 3.45. The zero-order valence-corrected chi connectivity index (χ0v) is 13.5. The lowest BCUT2D eigenvalue weighted by Gasteiger charge is -2.14. The molecule has 0 saturated carbocycles. The second-order valence-corrected chi connectivity index (χ2v) is 7.19. The fourth-order valence-corrected chi connectivity index (χ4v) is 4.28. The Bertz CT molecular complexity index is 849. The number of thioether (sulfide) groups is 1. The van der Waals surface area contributed by atoms with Crippen LogP contribution in [0.5, 0.6) is 0 Å². The van der Waals surface area contributed by atoms with Gasteiger partial charge >= 0.3 is 0 Å². The fraction of sp³-hybridized carbons (Fsp3) is 0.267. The fourth-order valence-electron chi connectivity index (χ4n) is 2.81. The minimum atomic E-state index is -0.192. The number of anilines is 1. The van der Waals surface area contributed by atoms with E-state index in [9.17, 15) is 4.39 Å². The molecule has 1 aliphatic carbocycles. The van der Waals surface area contributed by atoms with Crippen LogP contribution in [0, 0.1) is 5.82 Å². The molecular weight excluding hydrogens is 319 g/mol. The van der Waals surface area contributed by atoms with Gasteiger partial charge in [0.2, 0.25) is 0 Å². The Hall–Kier alpha value is -1.73. The molecule has 1 unspecified atom stereocenters. The maximum atomic E-state index is 13.5. The van der Waals surface area contributed by atoms with Crippen LogP contribution in [0.2, 0.25) is 0 Å². The van der Waals surface area contributed by atoms with E-state index in [0.29, 0.717) is 5.65 Å². The van der Waals surface area contributed by atoms with Crippen LogP contribution in [0.1, 0.15) is 23.6 Å². The number of halogens is 1. The Morgan fingerprint density at radius 2 is 2.27 bits per heavy atom. The van der Waals surface area contributed by atoms with Crippen LogP contribution in [0.4, 0.5) is 10.2 Å². The number of rotatable bonds is 3. The summed E-state index contributed by atoms with van der Waals surface area (Å²) in [4.78, 5) is 13.0. The highest BCUT2D eigenvalue weighted by Gasteiger charge is 2.24. The zero-order valence-electron chi connectivity index (χ0n) is 11.8. The molecule has 112 valence electrons. The number of nitrogens with zero attached hydrogens (tertiary/aromatic N) is 3. The van der Waals surface area contributed by atoms with Gasteiger partial charge in [0.1, 0.15) is 22.7 Å². The number of benzene rings is 1. The van der Waals surface area contributed by atoms with Crippen molar-refractivity contribution in [3.8, 4) is 0 Å². The van der Waals surface area contributed by atoms with Gasteiger partial charge in [0, 0.05) is 0 Å². The van der Waals surface area contributed by atoms with E-state index in [1.165, 1.54) is 18.0 Å². The van der Waals surface area contributed by atoms with Gasteiger partial charge in [-0.3, -0.25) is 0 Å². The maximum absolute atomic E-state index is 13.5. The van der Waals surface area contributed by atoms with E-state index < -0.39 is 0 Å². The molecular formula is C15H13FN4S2. The monoisotopic (exact) mass is 332 g/mol. The Kier molecular flexibility index (Phi) is 3.46. The number of nitrogens with one attached hydrogen (secondary N) is 1. The molecule has 0 aliphatic heterocycles. The first-order valence-corrected chi connectivity index (χ1v) is 8.99. The van der Waals surface area contributed by atoms with Crippen LogP contribution in [0.25, 0.3) is 10.3 Å². The van der Waals surface area contributed by atoms with Crippen molar-refractivity contribution in [3.63, 3.8) is 0 Å². The molecule has 2 heterocycles. The van der Waals surface area contributed by atoms with E-state index in [4.69, 9.17) is 0 Å². The number of hydrogen-bond donors (Lipinski definition) is 1. The molecule has 0 fully saturated rings. The summed E-state index contributed by atoms with van der Waals surface area (Å²) >= 11 is 3.18. The summed E-state index contributed by atoms with van der Waals surface area (Å²) < 4.78 is 15.4. The average Bonchev–Trinajstić information content (AvgIpc) is 3.12. The summed E-state index contributed by atoms with van der Waals surface area (Å²) in [6.45, 7) is 0. The SMILES string of the molecule is CSc1nc2ncnc(NC3CCc4ccc(F)cc43)c2s1. The first kappa shape index (κ1) is 13.9. The molecule has 2 aromatic heterocycles. The Balaban J connectivity index is 1.71. The molecule has 4 nitrogen and oxygen atoms in total. The first-order chi connectivity index (χ1) is 10.7. The highest BCUT2D eigenvalue weighted by molar-refractivity contribution is 8.00. The van der Waals surface area contributed by atoms with E-state index >= 15 is 0 Å². The second kappa shape index (κ2) is 5.48. The Labute approximate surface area is 135 Å². The summed E-state index contributed by atoms with van der Waals surface area (Å²) in [5.41, 5.74) is 2.95. The van der Waals surface area contributed by atoms with Crippen molar-refractivity contribution in [3.05, 3.63) is 41.5 Å². The van der Waals surface area contributed by atoms with Crippen LogP contribution in [0.15, 0.2) is 28.9 Å². The van der Waals surface area contributed by atoms with Gasteiger partial charge in [0.05, 0.1) is 6.04 Å². The topological polar surface area (TPSA) is 50.7 Å². The normalized spacial score (nSPS) is 16.9. The van der Waals surface area contributed by atoms with Crippen molar-refractivity contribution in [2.75, 3.05) is 11.6 Å². The first-order valence-electron chi connectivity index (χ1n) is 6.95. The van der Waals surface area contributed by atoms with Crippen LogP contribution in [0.3, 0.4) is 0 Å². The lowest BCUT2D eigenvalue weighted by molar-refractivity contribution is 0.624. The van der Waals surface area contributed by atoms with E-state index in [0.717, 1.165) is 33.3 Å². The molecule has 0 bridgehead atoms. The molecule has 1 atom stereocenters. The van der Waals surface area contributed by atoms with Gasteiger partial charge in [-0.25, -0.2) is 19.3 Å². The summed E-state index contributed by atoms with van der Waals surface area (Å²) in [6.07, 6.45) is 5.42. The van der Waals surface area contributed by atoms with E-state index in [1.807, 2.05) is 12.3 Å². The molecule has 22 heavy (non-hydrogen) atoms. The minimum absolute atomic E-state index is 0.0867. The van der Waals surface area contributed by atoms with Gasteiger partial charge in [0.15, 0.2) is 9.99 Å². The van der Waals surface area contributed by atoms with Gasteiger partial charge < -0.3 is 5.32 Å². The molecule has 0 radical (unpaired) electrons. The number of thiazole rings is 1. The lowest BCUT2D eigenvalue weighted by Crippen LogP contribution is -2.09. The third kappa shape index (κ3) is 2.34. The standard InChI is InChI=1S/C15H13FN4S2/c1-21-15-20-14-12(22-15)13(17-7-18-14)19-11-5-3-8-2-4-9(16)6-10(8)11/h2,4,6-7,11H,3,5H2,1H3,(H,17,18,19). The van der Waals surface area contributed by atoms with Crippen molar-refractivity contribution in [2.45, 2.75) is 23.2 Å². The quantitative estimate of drug-likeness (QED) is 0.733. The molecule has 0 spiro atoms. The molecule has 1 aromatic carbocycles. The summed E-state index contributed by atoms with van der Waals surface area (Å²) in [6, 6.07) is 5.11. The minimum Gasteiger partial charge on any atom is -0.362 e. The predicted octanol–water partition coefficient (Wildman–Crippen LogP) is 4.05. The highest BCUT2D eigenvalue weighted by atomic mass is 32.2.